The molecule has 0 fully saturated rings. The number of benzene rings is 2. The van der Waals surface area contributed by atoms with Crippen LogP contribution in [0.25, 0.3) is 0 Å². The summed E-state index contributed by atoms with van der Waals surface area (Å²) in [5.74, 6) is -0.476. The molecule has 3 aromatic rings. The first-order chi connectivity index (χ1) is 13.1. The number of nitrogens with zero attached hydrogens (tertiary/aromatic N) is 1. The number of ether oxygens (including phenoxy) is 1. The largest absolute Gasteiger partial charge is 0.508 e. The molecule has 0 saturated carbocycles. The fourth-order valence-corrected chi connectivity index (χ4v) is 2.85. The third-order valence-electron chi connectivity index (χ3n) is 4.29. The Labute approximate surface area is 157 Å². The minimum atomic E-state index is -0.713. The summed E-state index contributed by atoms with van der Waals surface area (Å²) >= 11 is 0. The Morgan fingerprint density at radius 3 is 2.41 bits per heavy atom. The van der Waals surface area contributed by atoms with E-state index >= 15 is 0 Å². The summed E-state index contributed by atoms with van der Waals surface area (Å²) in [6, 6.07) is 18.2. The van der Waals surface area contributed by atoms with Crippen LogP contribution in [0, 0.1) is 0 Å². The summed E-state index contributed by atoms with van der Waals surface area (Å²) in [6.45, 7) is 0. The molecular formula is C22H19NO4. The number of hydrogen-bond donors (Lipinski definition) is 1. The smallest absolute Gasteiger partial charge is 0.172 e. The summed E-state index contributed by atoms with van der Waals surface area (Å²) in [4.78, 5) is 30.1. The van der Waals surface area contributed by atoms with Crippen LogP contribution in [0.15, 0.2) is 72.9 Å². The van der Waals surface area contributed by atoms with Crippen LogP contribution in [0.5, 0.6) is 11.5 Å². The average molecular weight is 361 g/mol. The normalized spacial score (nSPS) is 11.6. The lowest BCUT2D eigenvalue weighted by atomic mass is 9.88. The lowest BCUT2D eigenvalue weighted by molar-refractivity contribution is 0.0891. The number of rotatable bonds is 7. The molecule has 0 radical (unpaired) electrons. The zero-order valence-electron chi connectivity index (χ0n) is 14.8. The molecule has 1 heterocycles. The molecule has 0 spiro atoms. The van der Waals surface area contributed by atoms with E-state index in [9.17, 15) is 14.7 Å². The van der Waals surface area contributed by atoms with Gasteiger partial charge in [0.25, 0.3) is 0 Å². The number of aromatic hydroxyl groups is 1. The Morgan fingerprint density at radius 1 is 1.00 bits per heavy atom. The third kappa shape index (κ3) is 4.39. The average Bonchev–Trinajstić information content (AvgIpc) is 2.72. The van der Waals surface area contributed by atoms with Crippen LogP contribution in [0.1, 0.15) is 38.7 Å². The molecule has 0 amide bonds. The first-order valence-electron chi connectivity index (χ1n) is 8.50. The van der Waals surface area contributed by atoms with Crippen LogP contribution < -0.4 is 4.74 Å². The van der Waals surface area contributed by atoms with Crippen molar-refractivity contribution in [2.45, 2.75) is 12.3 Å². The molecule has 1 unspecified atom stereocenters. The number of carbonyl (C=O) groups excluding carboxylic acids is 2. The molecule has 1 aromatic heterocycles. The van der Waals surface area contributed by atoms with E-state index in [0.717, 1.165) is 0 Å². The van der Waals surface area contributed by atoms with E-state index in [2.05, 4.69) is 4.98 Å². The molecule has 5 nitrogen and oxygen atoms in total. The Balaban J connectivity index is 1.91. The van der Waals surface area contributed by atoms with Gasteiger partial charge in [0.05, 0.1) is 18.7 Å². The zero-order chi connectivity index (χ0) is 19.2. The number of pyridine rings is 1. The second kappa shape index (κ2) is 8.27. The van der Waals surface area contributed by atoms with E-state index in [0.29, 0.717) is 22.6 Å². The van der Waals surface area contributed by atoms with Crippen LogP contribution >= 0.6 is 0 Å². The summed E-state index contributed by atoms with van der Waals surface area (Å²) in [5.41, 5.74) is 1.38. The van der Waals surface area contributed by atoms with Gasteiger partial charge in [-0.2, -0.15) is 0 Å². The Morgan fingerprint density at radius 2 is 1.78 bits per heavy atom. The predicted molar refractivity (Wildman–Crippen MR) is 101 cm³/mol. The second-order valence-corrected chi connectivity index (χ2v) is 6.08. The van der Waals surface area contributed by atoms with E-state index < -0.39 is 5.92 Å². The quantitative estimate of drug-likeness (QED) is 0.643. The number of phenols is 1. The number of phenolic OH excluding ortho intramolecular Hbond substituents is 1. The minimum absolute atomic E-state index is 0.0108. The molecule has 0 aliphatic heterocycles. The number of aromatic nitrogens is 1. The van der Waals surface area contributed by atoms with Gasteiger partial charge in [0.1, 0.15) is 11.5 Å². The van der Waals surface area contributed by atoms with Crippen molar-refractivity contribution >= 4 is 11.6 Å². The monoisotopic (exact) mass is 361 g/mol. The molecule has 3 rings (SSSR count). The fourth-order valence-electron chi connectivity index (χ4n) is 2.85. The molecule has 136 valence electrons. The van der Waals surface area contributed by atoms with Gasteiger partial charge in [0.15, 0.2) is 11.6 Å². The molecular weight excluding hydrogens is 342 g/mol. The van der Waals surface area contributed by atoms with Crippen molar-refractivity contribution in [3.05, 3.63) is 89.7 Å². The summed E-state index contributed by atoms with van der Waals surface area (Å²) in [5, 5.41) is 9.61. The topological polar surface area (TPSA) is 76.5 Å². The standard InChI is InChI=1S/C22H19NO4/c1-27-18-10-8-15(9-11-18)22(26)19(20-7-2-3-12-23-20)14-21(25)16-5-4-6-17(24)13-16/h2-13,19,24H,14H2,1H3. The van der Waals surface area contributed by atoms with Crippen LogP contribution in [-0.4, -0.2) is 28.8 Å². The number of Topliss-reactive ketones (excluding diaryl/α,β-unsaturated/α-hetero) is 2. The van der Waals surface area contributed by atoms with Gasteiger partial charge in [-0.1, -0.05) is 18.2 Å². The Kier molecular flexibility index (Phi) is 5.61. The first kappa shape index (κ1) is 18.3. The molecule has 1 N–H and O–H groups in total. The Bertz CT molecular complexity index is 936. The van der Waals surface area contributed by atoms with Crippen molar-refractivity contribution in [3.63, 3.8) is 0 Å². The van der Waals surface area contributed by atoms with E-state index in [1.165, 1.54) is 12.1 Å². The number of methoxy groups -OCH3 is 1. The van der Waals surface area contributed by atoms with Gasteiger partial charge in [0.2, 0.25) is 0 Å². The minimum Gasteiger partial charge on any atom is -0.508 e. The fraction of sp³-hybridized carbons (Fsp3) is 0.136. The molecule has 1 atom stereocenters. The lowest BCUT2D eigenvalue weighted by Crippen LogP contribution is -2.18. The molecule has 0 aliphatic carbocycles. The van der Waals surface area contributed by atoms with E-state index in [-0.39, 0.29) is 23.7 Å². The first-order valence-corrected chi connectivity index (χ1v) is 8.50. The third-order valence-corrected chi connectivity index (χ3v) is 4.29. The van der Waals surface area contributed by atoms with Gasteiger partial charge in [-0.3, -0.25) is 14.6 Å². The second-order valence-electron chi connectivity index (χ2n) is 6.08. The maximum absolute atomic E-state index is 13.1. The maximum Gasteiger partial charge on any atom is 0.172 e. The lowest BCUT2D eigenvalue weighted by Gasteiger charge is -2.15. The summed E-state index contributed by atoms with van der Waals surface area (Å²) < 4.78 is 5.13. The van der Waals surface area contributed by atoms with Gasteiger partial charge in [-0.25, -0.2) is 0 Å². The summed E-state index contributed by atoms with van der Waals surface area (Å²) in [7, 11) is 1.56. The molecule has 2 aromatic carbocycles. The number of ketones is 2. The van der Waals surface area contributed by atoms with Gasteiger partial charge in [-0.05, 0) is 48.5 Å². The number of carbonyl (C=O) groups is 2. The molecule has 0 saturated heterocycles. The van der Waals surface area contributed by atoms with Crippen molar-refractivity contribution in [2.75, 3.05) is 7.11 Å². The molecule has 5 heteroatoms. The van der Waals surface area contributed by atoms with Crippen LogP contribution in [0.2, 0.25) is 0 Å². The SMILES string of the molecule is COc1ccc(C(=O)C(CC(=O)c2cccc(O)c2)c2ccccn2)cc1. The Hall–Kier alpha value is -3.47. The highest BCUT2D eigenvalue weighted by Crippen LogP contribution is 2.26. The predicted octanol–water partition coefficient (Wildman–Crippen LogP) is 4.04. The van der Waals surface area contributed by atoms with Crippen molar-refractivity contribution in [1.29, 1.82) is 0 Å². The van der Waals surface area contributed by atoms with E-state index in [4.69, 9.17) is 4.74 Å². The zero-order valence-corrected chi connectivity index (χ0v) is 14.8. The number of hydrogen-bond acceptors (Lipinski definition) is 5. The van der Waals surface area contributed by atoms with Crippen molar-refractivity contribution in [2.24, 2.45) is 0 Å². The summed E-state index contributed by atoms with van der Waals surface area (Å²) in [6.07, 6.45) is 1.56. The highest BCUT2D eigenvalue weighted by molar-refractivity contribution is 6.06. The van der Waals surface area contributed by atoms with Crippen LogP contribution in [0.4, 0.5) is 0 Å². The highest BCUT2D eigenvalue weighted by atomic mass is 16.5. The van der Waals surface area contributed by atoms with Crippen LogP contribution in [-0.2, 0) is 0 Å². The molecule has 0 aliphatic rings. The van der Waals surface area contributed by atoms with Crippen molar-refractivity contribution in [1.82, 2.24) is 4.98 Å². The maximum atomic E-state index is 13.1. The van der Waals surface area contributed by atoms with E-state index in [1.807, 2.05) is 0 Å². The van der Waals surface area contributed by atoms with Gasteiger partial charge < -0.3 is 9.84 Å². The molecule has 27 heavy (non-hydrogen) atoms. The van der Waals surface area contributed by atoms with Crippen LogP contribution in [0.3, 0.4) is 0 Å². The van der Waals surface area contributed by atoms with Gasteiger partial charge in [0, 0.05) is 23.7 Å². The van der Waals surface area contributed by atoms with Gasteiger partial charge in [-0.15, -0.1) is 0 Å². The van der Waals surface area contributed by atoms with Gasteiger partial charge >= 0.3 is 0 Å². The van der Waals surface area contributed by atoms with Crippen molar-refractivity contribution < 1.29 is 19.4 Å². The highest BCUT2D eigenvalue weighted by Gasteiger charge is 2.26. The van der Waals surface area contributed by atoms with Crippen molar-refractivity contribution in [3.8, 4) is 11.5 Å². The molecule has 0 bridgehead atoms. The van der Waals surface area contributed by atoms with E-state index in [1.54, 1.807) is 67.9 Å².